The molecule has 0 amide bonds. The summed E-state index contributed by atoms with van der Waals surface area (Å²) in [5.41, 5.74) is 7.74. The molecule has 0 unspecified atom stereocenters. The molecule has 0 saturated heterocycles. The van der Waals surface area contributed by atoms with Crippen LogP contribution in [0.1, 0.15) is 5.56 Å². The number of hydrogen-bond acceptors (Lipinski definition) is 3. The summed E-state index contributed by atoms with van der Waals surface area (Å²) in [6.45, 7) is 0. The summed E-state index contributed by atoms with van der Waals surface area (Å²) < 4.78 is 0. The Kier molecular flexibility index (Phi) is 3.25. The molecule has 2 N–H and O–H groups in total. The molecular weight excluding hydrogens is 204 g/mol. The van der Waals surface area contributed by atoms with E-state index in [9.17, 15) is 0 Å². The first-order valence-corrected chi connectivity index (χ1v) is 5.71. The van der Waals surface area contributed by atoms with Crippen LogP contribution in [0.2, 0.25) is 0 Å². The van der Waals surface area contributed by atoms with Crippen molar-refractivity contribution in [2.45, 2.75) is 10.8 Å². The van der Waals surface area contributed by atoms with E-state index in [4.69, 9.17) is 5.73 Å². The van der Waals surface area contributed by atoms with Gasteiger partial charge in [0.2, 0.25) is 0 Å². The van der Waals surface area contributed by atoms with Crippen LogP contribution in [0.3, 0.4) is 0 Å². The number of nitrogens with two attached hydrogens (primary N) is 1. The van der Waals surface area contributed by atoms with E-state index in [-0.39, 0.29) is 0 Å². The van der Waals surface area contributed by atoms with Gasteiger partial charge in [-0.25, -0.2) is 4.98 Å². The fraction of sp³-hybridized carbons (Fsp3) is 0.0833. The fourth-order valence-corrected chi connectivity index (χ4v) is 2.10. The zero-order valence-corrected chi connectivity index (χ0v) is 9.08. The third-order valence-electron chi connectivity index (χ3n) is 1.99. The predicted molar refractivity (Wildman–Crippen MR) is 64.7 cm³/mol. The molecule has 0 aliphatic heterocycles. The Morgan fingerprint density at radius 2 is 1.93 bits per heavy atom. The number of nitrogen functional groups attached to an aromatic ring is 1. The summed E-state index contributed by atoms with van der Waals surface area (Å²) in [7, 11) is 0. The zero-order valence-electron chi connectivity index (χ0n) is 8.26. The van der Waals surface area contributed by atoms with Gasteiger partial charge in [0.05, 0.1) is 5.03 Å². The Morgan fingerprint density at radius 3 is 2.67 bits per heavy atom. The van der Waals surface area contributed by atoms with Gasteiger partial charge in [-0.05, 0) is 17.7 Å². The van der Waals surface area contributed by atoms with Crippen molar-refractivity contribution in [3.05, 3.63) is 54.2 Å². The second-order valence-electron chi connectivity index (χ2n) is 3.20. The van der Waals surface area contributed by atoms with Crippen molar-refractivity contribution in [3.63, 3.8) is 0 Å². The molecule has 2 nitrogen and oxygen atoms in total. The van der Waals surface area contributed by atoms with Gasteiger partial charge >= 0.3 is 0 Å². The minimum absolute atomic E-state index is 0.764. The van der Waals surface area contributed by atoms with Crippen LogP contribution in [0.25, 0.3) is 0 Å². The maximum Gasteiger partial charge on any atom is 0.0983 e. The Morgan fingerprint density at radius 1 is 1.13 bits per heavy atom. The van der Waals surface area contributed by atoms with Crippen molar-refractivity contribution in [1.82, 2.24) is 4.98 Å². The average molecular weight is 216 g/mol. The van der Waals surface area contributed by atoms with Crippen molar-refractivity contribution in [3.8, 4) is 0 Å². The van der Waals surface area contributed by atoms with E-state index < -0.39 is 0 Å². The molecule has 0 saturated carbocycles. The number of pyridine rings is 1. The zero-order chi connectivity index (χ0) is 10.5. The van der Waals surface area contributed by atoms with Gasteiger partial charge in [-0.3, -0.25) is 0 Å². The van der Waals surface area contributed by atoms with Gasteiger partial charge in [0.15, 0.2) is 0 Å². The molecule has 2 aromatic rings. The van der Waals surface area contributed by atoms with E-state index in [0.29, 0.717) is 0 Å². The van der Waals surface area contributed by atoms with E-state index in [2.05, 4.69) is 17.1 Å². The Labute approximate surface area is 93.5 Å². The van der Waals surface area contributed by atoms with Gasteiger partial charge < -0.3 is 5.73 Å². The van der Waals surface area contributed by atoms with Gasteiger partial charge in [0.1, 0.15) is 0 Å². The fourth-order valence-electron chi connectivity index (χ4n) is 1.24. The summed E-state index contributed by atoms with van der Waals surface area (Å²) in [6, 6.07) is 14.0. The molecule has 15 heavy (non-hydrogen) atoms. The molecule has 2 rings (SSSR count). The maximum atomic E-state index is 5.67. The number of aromatic nitrogens is 1. The maximum absolute atomic E-state index is 5.67. The van der Waals surface area contributed by atoms with E-state index in [0.717, 1.165) is 16.5 Å². The van der Waals surface area contributed by atoms with E-state index in [1.54, 1.807) is 24.0 Å². The van der Waals surface area contributed by atoms with E-state index >= 15 is 0 Å². The highest BCUT2D eigenvalue weighted by atomic mass is 32.2. The third kappa shape index (κ3) is 2.99. The Hall–Kier alpha value is -1.48. The van der Waals surface area contributed by atoms with Crippen molar-refractivity contribution < 1.29 is 0 Å². The number of hydrogen-bond donors (Lipinski definition) is 1. The topological polar surface area (TPSA) is 38.9 Å². The first-order valence-electron chi connectivity index (χ1n) is 4.73. The van der Waals surface area contributed by atoms with Crippen LogP contribution in [0.15, 0.2) is 53.7 Å². The summed E-state index contributed by atoms with van der Waals surface area (Å²) in [4.78, 5) is 4.24. The second kappa shape index (κ2) is 4.84. The van der Waals surface area contributed by atoms with Crippen molar-refractivity contribution in [2.24, 2.45) is 0 Å². The highest BCUT2D eigenvalue weighted by Crippen LogP contribution is 2.21. The van der Waals surface area contributed by atoms with Crippen molar-refractivity contribution >= 4 is 17.4 Å². The van der Waals surface area contributed by atoms with Crippen LogP contribution in [0.5, 0.6) is 0 Å². The highest BCUT2D eigenvalue weighted by Gasteiger charge is 1.97. The number of thioether (sulfide) groups is 1. The largest absolute Gasteiger partial charge is 0.399 e. The van der Waals surface area contributed by atoms with Crippen molar-refractivity contribution in [2.75, 3.05) is 5.73 Å². The monoisotopic (exact) mass is 216 g/mol. The van der Waals surface area contributed by atoms with Crippen LogP contribution < -0.4 is 5.73 Å². The molecule has 1 heterocycles. The molecular formula is C12H12N2S. The molecule has 0 radical (unpaired) electrons. The second-order valence-corrected chi connectivity index (χ2v) is 4.20. The molecule has 3 heteroatoms. The summed E-state index contributed by atoms with van der Waals surface area (Å²) in [6.07, 6.45) is 1.74. The van der Waals surface area contributed by atoms with Crippen LogP contribution in [-0.2, 0) is 5.75 Å². The van der Waals surface area contributed by atoms with Gasteiger partial charge in [-0.15, -0.1) is 11.8 Å². The quantitative estimate of drug-likeness (QED) is 0.802. The standard InChI is InChI=1S/C12H12N2S/c13-11-6-7-14-12(8-11)15-9-10-4-2-1-3-5-10/h1-8H,9H2,(H2,13,14). The third-order valence-corrected chi connectivity index (χ3v) is 2.99. The first-order chi connectivity index (χ1) is 7.34. The van der Waals surface area contributed by atoms with E-state index in [1.165, 1.54) is 5.56 Å². The molecule has 0 spiro atoms. The highest BCUT2D eigenvalue weighted by molar-refractivity contribution is 7.98. The minimum atomic E-state index is 0.764. The molecule has 0 bridgehead atoms. The smallest absolute Gasteiger partial charge is 0.0983 e. The number of nitrogens with zero attached hydrogens (tertiary/aromatic N) is 1. The molecule has 0 aliphatic carbocycles. The molecule has 0 fully saturated rings. The SMILES string of the molecule is Nc1ccnc(SCc2ccccc2)c1. The molecule has 0 aliphatic rings. The molecule has 1 aromatic carbocycles. The average Bonchev–Trinajstić information content (AvgIpc) is 2.28. The lowest BCUT2D eigenvalue weighted by Crippen LogP contribution is -1.87. The lowest BCUT2D eigenvalue weighted by Gasteiger charge is -2.01. The van der Waals surface area contributed by atoms with Gasteiger partial charge in [-0.1, -0.05) is 30.3 Å². The summed E-state index contributed by atoms with van der Waals surface area (Å²) in [5.74, 6) is 0.928. The van der Waals surface area contributed by atoms with Crippen LogP contribution in [0.4, 0.5) is 5.69 Å². The van der Waals surface area contributed by atoms with Gasteiger partial charge in [0.25, 0.3) is 0 Å². The molecule has 0 atom stereocenters. The first kappa shape index (κ1) is 10.1. The van der Waals surface area contributed by atoms with Gasteiger partial charge in [-0.2, -0.15) is 0 Å². The predicted octanol–water partition coefficient (Wildman–Crippen LogP) is 2.96. The van der Waals surface area contributed by atoms with Crippen molar-refractivity contribution in [1.29, 1.82) is 0 Å². The summed E-state index contributed by atoms with van der Waals surface area (Å²) in [5, 5.41) is 0.971. The van der Waals surface area contributed by atoms with Crippen LogP contribution >= 0.6 is 11.8 Å². The van der Waals surface area contributed by atoms with Crippen LogP contribution in [0, 0.1) is 0 Å². The molecule has 1 aromatic heterocycles. The Balaban J connectivity index is 1.99. The van der Waals surface area contributed by atoms with E-state index in [1.807, 2.05) is 24.3 Å². The number of rotatable bonds is 3. The lowest BCUT2D eigenvalue weighted by atomic mass is 10.2. The Bertz CT molecular complexity index is 429. The minimum Gasteiger partial charge on any atom is -0.399 e. The normalized spacial score (nSPS) is 10.1. The summed E-state index contributed by atoms with van der Waals surface area (Å²) >= 11 is 1.70. The molecule has 76 valence electrons. The van der Waals surface area contributed by atoms with Crippen LogP contribution in [-0.4, -0.2) is 4.98 Å². The van der Waals surface area contributed by atoms with Gasteiger partial charge in [0, 0.05) is 17.6 Å². The number of benzene rings is 1. The number of anilines is 1. The lowest BCUT2D eigenvalue weighted by molar-refractivity contribution is 1.13.